The first-order valence-electron chi connectivity index (χ1n) is 7.37. The molecule has 0 bridgehead atoms. The van der Waals surface area contributed by atoms with Gasteiger partial charge >= 0.3 is 0 Å². The maximum Gasteiger partial charge on any atom is 0.257 e. The Hall–Kier alpha value is -1.64. The number of hydrogen-bond acceptors (Lipinski definition) is 5. The zero-order valence-electron chi connectivity index (χ0n) is 14.0. The fourth-order valence-corrected chi connectivity index (χ4v) is 3.38. The monoisotopic (exact) mass is 341 g/mol. The van der Waals surface area contributed by atoms with Gasteiger partial charge in [-0.15, -0.1) is 0 Å². The van der Waals surface area contributed by atoms with E-state index in [0.29, 0.717) is 22.9 Å². The highest BCUT2D eigenvalue weighted by atomic mass is 32.2. The van der Waals surface area contributed by atoms with Crippen molar-refractivity contribution in [2.24, 2.45) is 0 Å². The molecule has 2 heterocycles. The van der Waals surface area contributed by atoms with E-state index in [9.17, 15) is 13.5 Å². The molecule has 0 aliphatic carbocycles. The Balaban J connectivity index is 2.16. The molecule has 0 amide bonds. The zero-order chi connectivity index (χ0) is 17.4. The van der Waals surface area contributed by atoms with E-state index in [1.807, 2.05) is 13.8 Å². The lowest BCUT2D eigenvalue weighted by Gasteiger charge is -2.23. The lowest BCUT2D eigenvalue weighted by atomic mass is 9.97. The van der Waals surface area contributed by atoms with Crippen molar-refractivity contribution in [3.63, 3.8) is 0 Å². The highest BCUT2D eigenvalue weighted by Crippen LogP contribution is 2.26. The minimum absolute atomic E-state index is 0.0166. The first-order chi connectivity index (χ1) is 10.5. The van der Waals surface area contributed by atoms with Crippen LogP contribution in [0.3, 0.4) is 0 Å². The number of sulfonamides is 1. The number of nitrogens with zero attached hydrogens (tertiary/aromatic N) is 1. The van der Waals surface area contributed by atoms with Crippen LogP contribution in [0.4, 0.5) is 0 Å². The van der Waals surface area contributed by atoms with Gasteiger partial charge in [-0.3, -0.25) is 0 Å². The van der Waals surface area contributed by atoms with Crippen molar-refractivity contribution < 1.29 is 17.9 Å². The molecule has 2 aromatic rings. The number of H-pyrrole nitrogens is 1. The van der Waals surface area contributed by atoms with Gasteiger partial charge in [0.25, 0.3) is 10.0 Å². The van der Waals surface area contributed by atoms with E-state index in [1.54, 1.807) is 26.8 Å². The third-order valence-corrected chi connectivity index (χ3v) is 4.95. The molecule has 2 rings (SSSR count). The molecule has 0 radical (unpaired) electrons. The predicted molar refractivity (Wildman–Crippen MR) is 85.6 cm³/mol. The molecule has 0 aromatic carbocycles. The number of rotatable bonds is 6. The molecule has 0 saturated heterocycles. The van der Waals surface area contributed by atoms with Gasteiger partial charge in [-0.1, -0.05) is 13.8 Å². The third-order valence-electron chi connectivity index (χ3n) is 3.64. The van der Waals surface area contributed by atoms with Gasteiger partial charge < -0.3 is 14.5 Å². The van der Waals surface area contributed by atoms with Crippen LogP contribution in [-0.4, -0.2) is 30.0 Å². The van der Waals surface area contributed by atoms with E-state index in [1.165, 1.54) is 6.20 Å². The summed E-state index contributed by atoms with van der Waals surface area (Å²) in [5.74, 6) is 1.92. The first-order valence-corrected chi connectivity index (χ1v) is 8.85. The van der Waals surface area contributed by atoms with Crippen LogP contribution in [0, 0.1) is 13.8 Å². The number of nitrogens with one attached hydrogen (secondary N) is 2. The minimum Gasteiger partial charge on any atom is -0.466 e. The second-order valence-electron chi connectivity index (χ2n) is 6.21. The number of aromatic nitrogens is 2. The molecule has 0 aliphatic heterocycles. The highest BCUT2D eigenvalue weighted by molar-refractivity contribution is 7.89. The molecule has 0 saturated carbocycles. The first kappa shape index (κ1) is 17.7. The van der Waals surface area contributed by atoms with Crippen molar-refractivity contribution in [1.82, 2.24) is 14.7 Å². The molecule has 0 aliphatic rings. The van der Waals surface area contributed by atoms with Gasteiger partial charge in [0.15, 0.2) is 5.03 Å². The van der Waals surface area contributed by atoms with Crippen LogP contribution in [0.1, 0.15) is 49.6 Å². The molecule has 2 aromatic heterocycles. The molecule has 23 heavy (non-hydrogen) atoms. The summed E-state index contributed by atoms with van der Waals surface area (Å²) < 4.78 is 32.4. The summed E-state index contributed by atoms with van der Waals surface area (Å²) in [5.41, 5.74) is -0.819. The summed E-state index contributed by atoms with van der Waals surface area (Å²) in [6, 6.07) is 1.71. The van der Waals surface area contributed by atoms with E-state index in [0.717, 1.165) is 0 Å². The summed E-state index contributed by atoms with van der Waals surface area (Å²) in [5, 5.41) is 10.6. The van der Waals surface area contributed by atoms with Crippen LogP contribution < -0.4 is 4.72 Å². The Morgan fingerprint density at radius 2 is 2.09 bits per heavy atom. The SMILES string of the molecule is Cc1cc([C@@](C)(O)CNS(=O)(=O)c2cnc(C(C)C)[nH]2)c(C)o1. The average Bonchev–Trinajstić information content (AvgIpc) is 3.04. The summed E-state index contributed by atoms with van der Waals surface area (Å²) >= 11 is 0. The number of imidazole rings is 1. The topological polar surface area (TPSA) is 108 Å². The van der Waals surface area contributed by atoms with Crippen molar-refractivity contribution in [3.8, 4) is 0 Å². The zero-order valence-corrected chi connectivity index (χ0v) is 14.8. The molecule has 0 unspecified atom stereocenters. The van der Waals surface area contributed by atoms with Gasteiger partial charge in [-0.25, -0.2) is 18.1 Å². The Bertz CT molecular complexity index is 788. The van der Waals surface area contributed by atoms with Gasteiger partial charge in [-0.2, -0.15) is 0 Å². The van der Waals surface area contributed by atoms with Crippen molar-refractivity contribution in [2.45, 2.75) is 51.2 Å². The number of aliphatic hydroxyl groups is 1. The van der Waals surface area contributed by atoms with Gasteiger partial charge in [0.05, 0.1) is 6.20 Å². The molecule has 8 heteroatoms. The summed E-state index contributed by atoms with van der Waals surface area (Å²) in [7, 11) is -3.78. The summed E-state index contributed by atoms with van der Waals surface area (Å²) in [6.45, 7) is 8.70. The third kappa shape index (κ3) is 3.82. The van der Waals surface area contributed by atoms with Crippen molar-refractivity contribution in [1.29, 1.82) is 0 Å². The standard InChI is InChI=1S/C15H23N3O4S/c1-9(2)14-16-7-13(18-14)23(20,21)17-8-15(5,19)12-6-10(3)22-11(12)4/h6-7,9,17,19H,8H2,1-5H3,(H,16,18)/t15-/m0/s1. The van der Waals surface area contributed by atoms with E-state index >= 15 is 0 Å². The van der Waals surface area contributed by atoms with Crippen LogP contribution >= 0.6 is 0 Å². The van der Waals surface area contributed by atoms with E-state index < -0.39 is 15.6 Å². The Morgan fingerprint density at radius 3 is 2.57 bits per heavy atom. The van der Waals surface area contributed by atoms with Crippen molar-refractivity contribution >= 4 is 10.0 Å². The number of furan rings is 1. The normalized spacial score (nSPS) is 15.1. The van der Waals surface area contributed by atoms with Crippen molar-refractivity contribution in [3.05, 3.63) is 35.2 Å². The maximum atomic E-state index is 12.3. The van der Waals surface area contributed by atoms with Gasteiger partial charge in [-0.05, 0) is 26.8 Å². The predicted octanol–water partition coefficient (Wildman–Crippen LogP) is 1.93. The molecule has 0 fully saturated rings. The lowest BCUT2D eigenvalue weighted by Crippen LogP contribution is -2.38. The average molecular weight is 341 g/mol. The fraction of sp³-hybridized carbons (Fsp3) is 0.533. The lowest BCUT2D eigenvalue weighted by molar-refractivity contribution is 0.0612. The molecule has 128 valence electrons. The van der Waals surface area contributed by atoms with Crippen LogP contribution in [-0.2, 0) is 15.6 Å². The van der Waals surface area contributed by atoms with Crippen LogP contribution in [0.15, 0.2) is 21.7 Å². The molecule has 3 N–H and O–H groups in total. The molecular formula is C15H23N3O4S. The summed E-state index contributed by atoms with van der Waals surface area (Å²) in [4.78, 5) is 6.83. The molecular weight excluding hydrogens is 318 g/mol. The van der Waals surface area contributed by atoms with Crippen LogP contribution in [0.25, 0.3) is 0 Å². The van der Waals surface area contributed by atoms with Gasteiger partial charge in [0, 0.05) is 18.0 Å². The molecule has 1 atom stereocenters. The highest BCUT2D eigenvalue weighted by Gasteiger charge is 2.30. The van der Waals surface area contributed by atoms with Crippen LogP contribution in [0.5, 0.6) is 0 Å². The van der Waals surface area contributed by atoms with Crippen molar-refractivity contribution in [2.75, 3.05) is 6.54 Å². The largest absolute Gasteiger partial charge is 0.466 e. The second kappa shape index (κ2) is 6.10. The van der Waals surface area contributed by atoms with Crippen LogP contribution in [0.2, 0.25) is 0 Å². The fourth-order valence-electron chi connectivity index (χ4n) is 2.32. The Morgan fingerprint density at radius 1 is 1.43 bits per heavy atom. The number of hydrogen-bond donors (Lipinski definition) is 3. The van der Waals surface area contributed by atoms with E-state index in [-0.39, 0.29) is 17.5 Å². The van der Waals surface area contributed by atoms with Gasteiger partial charge in [0.2, 0.25) is 0 Å². The number of aryl methyl sites for hydroxylation is 2. The van der Waals surface area contributed by atoms with Gasteiger partial charge in [0.1, 0.15) is 22.9 Å². The van der Waals surface area contributed by atoms with E-state index in [2.05, 4.69) is 14.7 Å². The number of aromatic amines is 1. The molecule has 7 nitrogen and oxygen atoms in total. The van der Waals surface area contributed by atoms with E-state index in [4.69, 9.17) is 4.42 Å². The summed E-state index contributed by atoms with van der Waals surface area (Å²) in [6.07, 6.45) is 1.28. The second-order valence-corrected chi connectivity index (χ2v) is 7.95. The maximum absolute atomic E-state index is 12.3. The molecule has 0 spiro atoms. The smallest absolute Gasteiger partial charge is 0.257 e. The Kier molecular flexibility index (Phi) is 4.70. The quantitative estimate of drug-likeness (QED) is 0.744. The minimum atomic E-state index is -3.78. The Labute approximate surface area is 136 Å².